The molecule has 0 aliphatic carbocycles. The van der Waals surface area contributed by atoms with E-state index in [1.165, 1.54) is 4.90 Å². The zero-order chi connectivity index (χ0) is 12.6. The molecule has 1 heterocycles. The Bertz CT molecular complexity index is 296. The average molecular weight is 245 g/mol. The van der Waals surface area contributed by atoms with Gasteiger partial charge in [0.05, 0.1) is 4.87 Å². The van der Waals surface area contributed by atoms with Crippen molar-refractivity contribution in [1.82, 2.24) is 4.90 Å². The summed E-state index contributed by atoms with van der Waals surface area (Å²) in [5, 5.41) is 0. The molecule has 1 fully saturated rings. The molecule has 1 saturated heterocycles. The first-order chi connectivity index (χ1) is 7.17. The Kier molecular flexibility index (Phi) is 3.57. The van der Waals surface area contributed by atoms with Gasteiger partial charge in [0.15, 0.2) is 0 Å². The molecule has 0 aromatic rings. The minimum absolute atomic E-state index is 0.380. The Hall–Kier alpha value is -0.710. The van der Waals surface area contributed by atoms with E-state index in [9.17, 15) is 9.59 Å². The third kappa shape index (κ3) is 2.90. The van der Waals surface area contributed by atoms with Gasteiger partial charge in [-0.15, -0.1) is 11.8 Å². The number of hydrogen-bond acceptors (Lipinski definition) is 4. The monoisotopic (exact) mass is 245 g/mol. The molecular weight excluding hydrogens is 226 g/mol. The van der Waals surface area contributed by atoms with Crippen LogP contribution in [0.15, 0.2) is 0 Å². The summed E-state index contributed by atoms with van der Waals surface area (Å²) in [5.41, 5.74) is -0.534. The van der Waals surface area contributed by atoms with E-state index in [-0.39, 0.29) is 10.9 Å². The number of rotatable bonds is 1. The van der Waals surface area contributed by atoms with Gasteiger partial charge < -0.3 is 9.53 Å². The first-order valence-electron chi connectivity index (χ1n) is 5.29. The number of ether oxygens (including phenoxy) is 1. The van der Waals surface area contributed by atoms with Gasteiger partial charge in [-0.25, -0.2) is 4.79 Å². The van der Waals surface area contributed by atoms with Crippen LogP contribution in [0.4, 0.5) is 4.79 Å². The summed E-state index contributed by atoms with van der Waals surface area (Å²) in [4.78, 5) is 24.0. The van der Waals surface area contributed by atoms with Crippen LogP contribution in [-0.4, -0.2) is 39.5 Å². The van der Waals surface area contributed by atoms with Gasteiger partial charge in [-0.2, -0.15) is 0 Å². The molecule has 1 amide bonds. The van der Waals surface area contributed by atoms with Crippen LogP contribution >= 0.6 is 11.8 Å². The van der Waals surface area contributed by atoms with E-state index < -0.39 is 11.7 Å². The molecule has 0 saturated carbocycles. The van der Waals surface area contributed by atoms with Gasteiger partial charge in [0.1, 0.15) is 17.9 Å². The highest BCUT2D eigenvalue weighted by atomic mass is 32.2. The summed E-state index contributed by atoms with van der Waals surface area (Å²) in [6.45, 7) is 9.29. The number of carbonyl (C=O) groups excluding carboxylic acids is 2. The summed E-state index contributed by atoms with van der Waals surface area (Å²) in [5.74, 6) is 0.635. The maximum absolute atomic E-state index is 12.0. The zero-order valence-corrected chi connectivity index (χ0v) is 11.3. The van der Waals surface area contributed by atoms with Crippen LogP contribution in [0.1, 0.15) is 34.6 Å². The number of nitrogens with zero attached hydrogens (tertiary/aromatic N) is 1. The van der Waals surface area contributed by atoms with E-state index in [1.54, 1.807) is 11.8 Å². The van der Waals surface area contributed by atoms with Crippen molar-refractivity contribution < 1.29 is 14.3 Å². The van der Waals surface area contributed by atoms with Crippen LogP contribution in [0.5, 0.6) is 0 Å². The third-order valence-corrected chi connectivity index (χ3v) is 3.68. The topological polar surface area (TPSA) is 46.6 Å². The second-order valence-electron chi connectivity index (χ2n) is 5.31. The van der Waals surface area contributed by atoms with Crippen molar-refractivity contribution in [2.45, 2.75) is 51.1 Å². The molecule has 16 heavy (non-hydrogen) atoms. The lowest BCUT2D eigenvalue weighted by atomic mass is 10.2. The summed E-state index contributed by atoms with van der Waals surface area (Å²) in [6.07, 6.45) is 0.394. The fraction of sp³-hybridized carbons (Fsp3) is 0.818. The lowest BCUT2D eigenvalue weighted by molar-refractivity contribution is -0.112. The Morgan fingerprint density at radius 2 is 2.06 bits per heavy atom. The van der Waals surface area contributed by atoms with Crippen molar-refractivity contribution in [1.29, 1.82) is 0 Å². The molecule has 1 aliphatic rings. The molecule has 0 N–H and O–H groups in total. The van der Waals surface area contributed by atoms with Gasteiger partial charge in [0.2, 0.25) is 0 Å². The molecule has 1 atom stereocenters. The molecule has 0 radical (unpaired) electrons. The zero-order valence-electron chi connectivity index (χ0n) is 10.4. The number of hydrogen-bond donors (Lipinski definition) is 0. The van der Waals surface area contributed by atoms with Crippen molar-refractivity contribution in [2.75, 3.05) is 5.75 Å². The van der Waals surface area contributed by atoms with Crippen molar-refractivity contribution in [3.63, 3.8) is 0 Å². The summed E-state index contributed by atoms with van der Waals surface area (Å²) >= 11 is 1.59. The van der Waals surface area contributed by atoms with Gasteiger partial charge >= 0.3 is 6.09 Å². The quantitative estimate of drug-likeness (QED) is 0.665. The molecule has 0 unspecified atom stereocenters. The molecular formula is C11H19NO3S. The molecule has 0 bridgehead atoms. The summed E-state index contributed by atoms with van der Waals surface area (Å²) in [6, 6.07) is -0.380. The van der Waals surface area contributed by atoms with Gasteiger partial charge in [-0.3, -0.25) is 4.90 Å². The highest BCUT2D eigenvalue weighted by Crippen LogP contribution is 2.38. The van der Waals surface area contributed by atoms with Crippen LogP contribution in [0.2, 0.25) is 0 Å². The standard InChI is InChI=1S/C11H19NO3S/c1-10(2,3)15-9(14)12-8(6-13)7-16-11(12,4)5/h6,8H,7H2,1-5H3/t8-/m0/s1. The maximum atomic E-state index is 12.0. The van der Waals surface area contributed by atoms with Crippen molar-refractivity contribution in [2.24, 2.45) is 0 Å². The fourth-order valence-electron chi connectivity index (χ4n) is 1.60. The number of carbonyl (C=O) groups is 2. The van der Waals surface area contributed by atoms with Crippen molar-refractivity contribution >= 4 is 24.1 Å². The fourth-order valence-corrected chi connectivity index (χ4v) is 2.75. The highest BCUT2D eigenvalue weighted by Gasteiger charge is 2.45. The molecule has 1 rings (SSSR count). The molecule has 1 aliphatic heterocycles. The normalized spacial score (nSPS) is 24.3. The SMILES string of the molecule is CC(C)(C)OC(=O)N1[C@@H](C=O)CSC1(C)C. The third-order valence-electron chi connectivity index (χ3n) is 2.27. The molecule has 5 heteroatoms. The highest BCUT2D eigenvalue weighted by molar-refractivity contribution is 8.00. The first kappa shape index (κ1) is 13.4. The Labute approximate surface area is 101 Å². The molecule has 4 nitrogen and oxygen atoms in total. The number of aldehydes is 1. The van der Waals surface area contributed by atoms with Gasteiger partial charge in [-0.05, 0) is 34.6 Å². The predicted molar refractivity (Wildman–Crippen MR) is 64.5 cm³/mol. The maximum Gasteiger partial charge on any atom is 0.412 e. The summed E-state index contributed by atoms with van der Waals surface area (Å²) < 4.78 is 5.30. The number of amides is 1. The number of thioether (sulfide) groups is 1. The summed E-state index contributed by atoms with van der Waals surface area (Å²) in [7, 11) is 0. The van der Waals surface area contributed by atoms with E-state index in [1.807, 2.05) is 34.6 Å². The van der Waals surface area contributed by atoms with Crippen LogP contribution < -0.4 is 0 Å². The smallest absolute Gasteiger partial charge is 0.412 e. The lowest BCUT2D eigenvalue weighted by Gasteiger charge is -2.34. The second kappa shape index (κ2) is 4.28. The average Bonchev–Trinajstić information content (AvgIpc) is 2.37. The predicted octanol–water partition coefficient (Wildman–Crippen LogP) is 2.27. The van der Waals surface area contributed by atoms with Gasteiger partial charge in [0.25, 0.3) is 0 Å². The molecule has 0 aromatic heterocycles. The minimum atomic E-state index is -0.534. The largest absolute Gasteiger partial charge is 0.444 e. The Morgan fingerprint density at radius 1 is 1.50 bits per heavy atom. The van der Waals surface area contributed by atoms with Crippen LogP contribution in [0.25, 0.3) is 0 Å². The minimum Gasteiger partial charge on any atom is -0.444 e. The van der Waals surface area contributed by atoms with E-state index >= 15 is 0 Å². The van der Waals surface area contributed by atoms with Crippen molar-refractivity contribution in [3.8, 4) is 0 Å². The molecule has 0 spiro atoms. The van der Waals surface area contributed by atoms with E-state index in [0.29, 0.717) is 5.75 Å². The van der Waals surface area contributed by atoms with Gasteiger partial charge in [-0.1, -0.05) is 0 Å². The van der Waals surface area contributed by atoms with E-state index in [0.717, 1.165) is 6.29 Å². The van der Waals surface area contributed by atoms with E-state index in [4.69, 9.17) is 4.74 Å². The molecule has 92 valence electrons. The van der Waals surface area contributed by atoms with Crippen LogP contribution in [0.3, 0.4) is 0 Å². The van der Waals surface area contributed by atoms with Crippen molar-refractivity contribution in [3.05, 3.63) is 0 Å². The van der Waals surface area contributed by atoms with Gasteiger partial charge in [0, 0.05) is 5.75 Å². The first-order valence-corrected chi connectivity index (χ1v) is 6.27. The lowest BCUT2D eigenvalue weighted by Crippen LogP contribution is -2.49. The second-order valence-corrected chi connectivity index (χ2v) is 6.93. The van der Waals surface area contributed by atoms with Crippen LogP contribution in [0, 0.1) is 0 Å². The Morgan fingerprint density at radius 3 is 2.50 bits per heavy atom. The molecule has 0 aromatic carbocycles. The van der Waals surface area contributed by atoms with Crippen LogP contribution in [-0.2, 0) is 9.53 Å². The Balaban J connectivity index is 2.83. The van der Waals surface area contributed by atoms with E-state index in [2.05, 4.69) is 0 Å².